The van der Waals surface area contributed by atoms with Gasteiger partial charge in [-0.3, -0.25) is 13.8 Å². The van der Waals surface area contributed by atoms with Crippen LogP contribution in [-0.4, -0.2) is 51.4 Å². The fourth-order valence-corrected chi connectivity index (χ4v) is 3.70. The first-order chi connectivity index (χ1) is 12.3. The summed E-state index contributed by atoms with van der Waals surface area (Å²) in [7, 11) is 0.781. The quantitative estimate of drug-likeness (QED) is 0.697. The van der Waals surface area contributed by atoms with Crippen LogP contribution in [0.2, 0.25) is 0 Å². The molecule has 1 heterocycles. The van der Waals surface area contributed by atoms with Gasteiger partial charge in [0.2, 0.25) is 0 Å². The number of rotatable bonds is 8. The van der Waals surface area contributed by atoms with Gasteiger partial charge in [-0.05, 0) is 25.5 Å². The lowest BCUT2D eigenvalue weighted by Crippen LogP contribution is -2.32. The molecule has 9 heteroatoms. The Balaban J connectivity index is 2.29. The Morgan fingerprint density at radius 3 is 2.58 bits per heavy atom. The van der Waals surface area contributed by atoms with E-state index in [0.29, 0.717) is 19.6 Å². The number of carbonyl (C=O) groups excluding carboxylic acids is 1. The number of aryl methyl sites for hydroxylation is 2. The lowest BCUT2D eigenvalue weighted by molar-refractivity contribution is 0.0949. The predicted molar refractivity (Wildman–Crippen MR) is 98.8 cm³/mol. The van der Waals surface area contributed by atoms with Gasteiger partial charge in [-0.1, -0.05) is 17.7 Å². The second-order valence-electron chi connectivity index (χ2n) is 5.89. The zero-order chi connectivity index (χ0) is 19.3. The summed E-state index contributed by atoms with van der Waals surface area (Å²) < 4.78 is 33.2. The standard InChI is InChI=1S/C17H24N4O4S/c1-13-6-8-14(9-7-13)26(23,24)21(3)17-15(12-19-20(17)2)16(22)18-10-5-11-25-4/h6-9,12H,5,10-11H2,1-4H3,(H,18,22). The highest BCUT2D eigenvalue weighted by Crippen LogP contribution is 2.25. The van der Waals surface area contributed by atoms with Gasteiger partial charge < -0.3 is 10.1 Å². The molecule has 0 aliphatic carbocycles. The molecule has 0 fully saturated rings. The van der Waals surface area contributed by atoms with Crippen molar-refractivity contribution in [1.29, 1.82) is 0 Å². The molecule has 1 N–H and O–H groups in total. The fraction of sp³-hybridized carbons (Fsp3) is 0.412. The van der Waals surface area contributed by atoms with Gasteiger partial charge in [-0.25, -0.2) is 8.42 Å². The van der Waals surface area contributed by atoms with Gasteiger partial charge in [0, 0.05) is 34.4 Å². The Morgan fingerprint density at radius 2 is 1.96 bits per heavy atom. The van der Waals surface area contributed by atoms with Crippen LogP contribution in [0.25, 0.3) is 0 Å². The molecular formula is C17H24N4O4S. The van der Waals surface area contributed by atoms with Gasteiger partial charge in [-0.2, -0.15) is 5.10 Å². The minimum atomic E-state index is -3.81. The van der Waals surface area contributed by atoms with Crippen molar-refractivity contribution in [1.82, 2.24) is 15.1 Å². The van der Waals surface area contributed by atoms with Crippen molar-refractivity contribution in [2.75, 3.05) is 31.6 Å². The molecule has 0 aliphatic heterocycles. The van der Waals surface area contributed by atoms with Crippen molar-refractivity contribution in [3.8, 4) is 0 Å². The Bertz CT molecular complexity index is 859. The van der Waals surface area contributed by atoms with Gasteiger partial charge in [0.15, 0.2) is 5.82 Å². The van der Waals surface area contributed by atoms with E-state index in [4.69, 9.17) is 4.74 Å². The zero-order valence-corrected chi connectivity index (χ0v) is 16.2. The molecule has 142 valence electrons. The highest BCUT2D eigenvalue weighted by atomic mass is 32.2. The van der Waals surface area contributed by atoms with E-state index in [1.54, 1.807) is 38.4 Å². The SMILES string of the molecule is COCCCNC(=O)c1cnn(C)c1N(C)S(=O)(=O)c1ccc(C)cc1. The highest BCUT2D eigenvalue weighted by molar-refractivity contribution is 7.92. The van der Waals surface area contributed by atoms with E-state index in [0.717, 1.165) is 9.87 Å². The molecule has 0 aliphatic rings. The van der Waals surface area contributed by atoms with E-state index in [9.17, 15) is 13.2 Å². The number of hydrogen-bond donors (Lipinski definition) is 1. The molecule has 26 heavy (non-hydrogen) atoms. The highest BCUT2D eigenvalue weighted by Gasteiger charge is 2.28. The largest absolute Gasteiger partial charge is 0.385 e. The van der Waals surface area contributed by atoms with E-state index < -0.39 is 10.0 Å². The monoisotopic (exact) mass is 380 g/mol. The number of aromatic nitrogens is 2. The molecular weight excluding hydrogens is 356 g/mol. The maximum Gasteiger partial charge on any atom is 0.265 e. The number of methoxy groups -OCH3 is 1. The van der Waals surface area contributed by atoms with Crippen LogP contribution in [0.4, 0.5) is 5.82 Å². The number of sulfonamides is 1. The zero-order valence-electron chi connectivity index (χ0n) is 15.4. The van der Waals surface area contributed by atoms with E-state index in [-0.39, 0.29) is 22.2 Å². The van der Waals surface area contributed by atoms with Crippen LogP contribution in [0.5, 0.6) is 0 Å². The molecule has 0 unspecified atom stereocenters. The van der Waals surface area contributed by atoms with E-state index in [1.165, 1.54) is 17.9 Å². The van der Waals surface area contributed by atoms with Crippen LogP contribution < -0.4 is 9.62 Å². The molecule has 0 radical (unpaired) electrons. The lowest BCUT2D eigenvalue weighted by Gasteiger charge is -2.21. The first kappa shape index (κ1) is 19.9. The topological polar surface area (TPSA) is 93.5 Å². The molecule has 1 aromatic heterocycles. The number of ether oxygens (including phenoxy) is 1. The summed E-state index contributed by atoms with van der Waals surface area (Å²) in [5.41, 5.74) is 1.16. The first-order valence-corrected chi connectivity index (χ1v) is 9.57. The van der Waals surface area contributed by atoms with Crippen molar-refractivity contribution >= 4 is 21.7 Å². The first-order valence-electron chi connectivity index (χ1n) is 8.13. The smallest absolute Gasteiger partial charge is 0.265 e. The molecule has 0 saturated carbocycles. The second kappa shape index (κ2) is 8.33. The van der Waals surface area contributed by atoms with Crippen LogP contribution in [0.15, 0.2) is 35.4 Å². The molecule has 0 saturated heterocycles. The van der Waals surface area contributed by atoms with Crippen molar-refractivity contribution < 1.29 is 17.9 Å². The molecule has 2 aromatic rings. The van der Waals surface area contributed by atoms with Crippen LogP contribution >= 0.6 is 0 Å². The minimum absolute atomic E-state index is 0.151. The normalized spacial score (nSPS) is 11.4. The Hall–Kier alpha value is -2.39. The molecule has 0 atom stereocenters. The summed E-state index contributed by atoms with van der Waals surface area (Å²) in [6.45, 7) is 2.84. The summed E-state index contributed by atoms with van der Waals surface area (Å²) in [4.78, 5) is 12.6. The van der Waals surface area contributed by atoms with Gasteiger partial charge in [0.1, 0.15) is 5.56 Å². The minimum Gasteiger partial charge on any atom is -0.385 e. The number of nitrogens with zero attached hydrogens (tertiary/aromatic N) is 3. The van der Waals surface area contributed by atoms with Crippen molar-refractivity contribution in [3.63, 3.8) is 0 Å². The average Bonchev–Trinajstić information content (AvgIpc) is 2.99. The fourth-order valence-electron chi connectivity index (χ4n) is 2.46. The molecule has 1 amide bonds. The van der Waals surface area contributed by atoms with Gasteiger partial charge in [0.25, 0.3) is 15.9 Å². The summed E-state index contributed by atoms with van der Waals surface area (Å²) in [6.07, 6.45) is 2.03. The number of anilines is 1. The summed E-state index contributed by atoms with van der Waals surface area (Å²) in [5, 5.41) is 6.80. The number of benzene rings is 1. The summed E-state index contributed by atoms with van der Waals surface area (Å²) in [5.74, 6) is -0.176. The van der Waals surface area contributed by atoms with Crippen molar-refractivity contribution in [3.05, 3.63) is 41.6 Å². The van der Waals surface area contributed by atoms with Gasteiger partial charge in [0.05, 0.1) is 11.1 Å². The molecule has 0 spiro atoms. The van der Waals surface area contributed by atoms with Crippen molar-refractivity contribution in [2.45, 2.75) is 18.2 Å². The Morgan fingerprint density at radius 1 is 1.31 bits per heavy atom. The van der Waals surface area contributed by atoms with Gasteiger partial charge in [-0.15, -0.1) is 0 Å². The average molecular weight is 380 g/mol. The Kier molecular flexibility index (Phi) is 6.38. The van der Waals surface area contributed by atoms with Crippen LogP contribution in [-0.2, 0) is 21.8 Å². The predicted octanol–water partition coefficient (Wildman–Crippen LogP) is 1.32. The third-order valence-corrected chi connectivity index (χ3v) is 5.70. The lowest BCUT2D eigenvalue weighted by atomic mass is 10.2. The van der Waals surface area contributed by atoms with Crippen molar-refractivity contribution in [2.24, 2.45) is 7.05 Å². The Labute approximate surface area is 153 Å². The molecule has 2 rings (SSSR count). The molecule has 1 aromatic carbocycles. The van der Waals surface area contributed by atoms with Crippen LogP contribution in [0, 0.1) is 6.92 Å². The third kappa shape index (κ3) is 4.23. The second-order valence-corrected chi connectivity index (χ2v) is 7.86. The third-order valence-electron chi connectivity index (χ3n) is 3.94. The number of hydrogen-bond acceptors (Lipinski definition) is 5. The number of nitrogens with one attached hydrogen (secondary N) is 1. The molecule has 0 bridgehead atoms. The van der Waals surface area contributed by atoms with E-state index in [2.05, 4.69) is 10.4 Å². The van der Waals surface area contributed by atoms with E-state index >= 15 is 0 Å². The van der Waals surface area contributed by atoms with Gasteiger partial charge >= 0.3 is 0 Å². The van der Waals surface area contributed by atoms with E-state index in [1.807, 2.05) is 6.92 Å². The van der Waals surface area contributed by atoms with Crippen LogP contribution in [0.1, 0.15) is 22.3 Å². The maximum absolute atomic E-state index is 12.9. The number of amides is 1. The summed E-state index contributed by atoms with van der Waals surface area (Å²) >= 11 is 0. The van der Waals surface area contributed by atoms with Crippen LogP contribution in [0.3, 0.4) is 0 Å². The summed E-state index contributed by atoms with van der Waals surface area (Å²) in [6, 6.07) is 6.55. The molecule has 8 nitrogen and oxygen atoms in total. The maximum atomic E-state index is 12.9. The number of carbonyl (C=O) groups is 1.